The van der Waals surface area contributed by atoms with E-state index in [1.54, 1.807) is 17.0 Å². The molecule has 2 aromatic rings. The normalized spacial score (nSPS) is 17.7. The molecule has 148 valence electrons. The Morgan fingerprint density at radius 1 is 1.29 bits per heavy atom. The number of hydrogen-bond acceptors (Lipinski definition) is 5. The van der Waals surface area contributed by atoms with E-state index in [9.17, 15) is 9.59 Å². The Morgan fingerprint density at radius 3 is 2.64 bits per heavy atom. The molecule has 0 aromatic carbocycles. The third-order valence-corrected chi connectivity index (χ3v) is 5.13. The van der Waals surface area contributed by atoms with Crippen LogP contribution in [0, 0.1) is 5.92 Å². The molecule has 0 unspecified atom stereocenters. The Morgan fingerprint density at radius 2 is 2.00 bits per heavy atom. The van der Waals surface area contributed by atoms with Gasteiger partial charge in [0.15, 0.2) is 0 Å². The highest BCUT2D eigenvalue weighted by atomic mass is 35.5. The molecule has 3 rings (SSSR count). The van der Waals surface area contributed by atoms with Gasteiger partial charge in [-0.1, -0.05) is 43.5 Å². The molecule has 8 nitrogen and oxygen atoms in total. The fourth-order valence-corrected chi connectivity index (χ4v) is 3.28. The van der Waals surface area contributed by atoms with Crippen molar-refractivity contribution in [1.82, 2.24) is 19.9 Å². The Hall–Kier alpha value is -2.45. The Bertz CT molecular complexity index is 863. The SMILES string of the molecule is CC[C@H](C)[C@H]1CN(c2ncc(Cl)cn2)C(=O)N1CC(=O)Nc1cc(Cl)ccn1. The van der Waals surface area contributed by atoms with Gasteiger partial charge in [-0.3, -0.25) is 9.69 Å². The second kappa shape index (κ2) is 8.70. The zero-order chi connectivity index (χ0) is 20.3. The maximum absolute atomic E-state index is 13.0. The highest BCUT2D eigenvalue weighted by Gasteiger charge is 2.42. The molecule has 28 heavy (non-hydrogen) atoms. The van der Waals surface area contributed by atoms with Gasteiger partial charge in [0.05, 0.1) is 30.0 Å². The molecule has 1 saturated heterocycles. The van der Waals surface area contributed by atoms with Gasteiger partial charge >= 0.3 is 6.03 Å². The Labute approximate surface area is 172 Å². The van der Waals surface area contributed by atoms with Crippen molar-refractivity contribution in [3.05, 3.63) is 40.8 Å². The third-order valence-electron chi connectivity index (χ3n) is 4.70. The lowest BCUT2D eigenvalue weighted by Gasteiger charge is -2.26. The Balaban J connectivity index is 1.77. The zero-order valence-corrected chi connectivity index (χ0v) is 17.0. The van der Waals surface area contributed by atoms with Gasteiger partial charge in [-0.2, -0.15) is 0 Å². The maximum Gasteiger partial charge on any atom is 0.327 e. The maximum atomic E-state index is 13.0. The van der Waals surface area contributed by atoms with Gasteiger partial charge in [0.1, 0.15) is 12.4 Å². The number of rotatable bonds is 6. The van der Waals surface area contributed by atoms with Crippen molar-refractivity contribution in [2.45, 2.75) is 26.3 Å². The van der Waals surface area contributed by atoms with Crippen LogP contribution >= 0.6 is 23.2 Å². The largest absolute Gasteiger partial charge is 0.327 e. The van der Waals surface area contributed by atoms with E-state index in [2.05, 4.69) is 20.3 Å². The van der Waals surface area contributed by atoms with Gasteiger partial charge in [0.2, 0.25) is 11.9 Å². The molecule has 0 bridgehead atoms. The number of urea groups is 1. The summed E-state index contributed by atoms with van der Waals surface area (Å²) in [4.78, 5) is 40.8. The summed E-state index contributed by atoms with van der Waals surface area (Å²) in [5, 5.41) is 3.53. The molecule has 1 aliphatic rings. The molecule has 2 atom stereocenters. The standard InChI is InChI=1S/C18H20Cl2N6O2/c1-3-11(2)14-9-26(17-22-7-13(20)8-23-17)18(28)25(14)10-16(27)24-15-6-12(19)4-5-21-15/h4-8,11,14H,3,9-10H2,1-2H3,(H,21,24,27)/t11-,14+/m0/s1. The summed E-state index contributed by atoms with van der Waals surface area (Å²) in [6.45, 7) is 4.39. The van der Waals surface area contributed by atoms with Gasteiger partial charge in [0, 0.05) is 11.2 Å². The van der Waals surface area contributed by atoms with E-state index in [-0.39, 0.29) is 36.4 Å². The van der Waals surface area contributed by atoms with E-state index in [0.717, 1.165) is 6.42 Å². The average molecular weight is 423 g/mol. The van der Waals surface area contributed by atoms with E-state index in [1.807, 2.05) is 13.8 Å². The summed E-state index contributed by atoms with van der Waals surface area (Å²) in [7, 11) is 0. The highest BCUT2D eigenvalue weighted by molar-refractivity contribution is 6.31. The zero-order valence-electron chi connectivity index (χ0n) is 15.5. The first-order valence-electron chi connectivity index (χ1n) is 8.86. The van der Waals surface area contributed by atoms with Gasteiger partial charge in [-0.05, 0) is 18.1 Å². The number of anilines is 2. The quantitative estimate of drug-likeness (QED) is 0.768. The van der Waals surface area contributed by atoms with Crippen LogP contribution < -0.4 is 10.2 Å². The Kier molecular flexibility index (Phi) is 6.31. The molecule has 2 aromatic heterocycles. The number of nitrogens with zero attached hydrogens (tertiary/aromatic N) is 5. The first-order valence-corrected chi connectivity index (χ1v) is 9.61. The predicted molar refractivity (Wildman–Crippen MR) is 108 cm³/mol. The minimum absolute atomic E-state index is 0.105. The number of carbonyl (C=O) groups is 2. The van der Waals surface area contributed by atoms with E-state index >= 15 is 0 Å². The van der Waals surface area contributed by atoms with Crippen molar-refractivity contribution in [3.63, 3.8) is 0 Å². The van der Waals surface area contributed by atoms with Crippen LogP contribution in [0.5, 0.6) is 0 Å². The topological polar surface area (TPSA) is 91.3 Å². The predicted octanol–water partition coefficient (Wildman–Crippen LogP) is 3.47. The van der Waals surface area contributed by atoms with E-state index in [4.69, 9.17) is 23.2 Å². The highest BCUT2D eigenvalue weighted by Crippen LogP contribution is 2.27. The molecule has 1 aliphatic heterocycles. The number of pyridine rings is 1. The van der Waals surface area contributed by atoms with Crippen molar-refractivity contribution in [2.24, 2.45) is 5.92 Å². The van der Waals surface area contributed by atoms with Gasteiger partial charge in [-0.25, -0.2) is 19.7 Å². The number of aromatic nitrogens is 3. The van der Waals surface area contributed by atoms with Crippen LogP contribution in [0.15, 0.2) is 30.7 Å². The minimum Gasteiger partial charge on any atom is -0.310 e. The molecule has 3 heterocycles. The number of carbonyl (C=O) groups excluding carboxylic acids is 2. The lowest BCUT2D eigenvalue weighted by atomic mass is 9.99. The fourth-order valence-electron chi connectivity index (χ4n) is 3.03. The summed E-state index contributed by atoms with van der Waals surface area (Å²) < 4.78 is 0. The molecule has 0 saturated carbocycles. The van der Waals surface area contributed by atoms with Gasteiger partial charge in [0.25, 0.3) is 0 Å². The molecule has 1 N–H and O–H groups in total. The molecule has 0 spiro atoms. The molecule has 1 fully saturated rings. The second-order valence-corrected chi connectivity index (χ2v) is 7.46. The number of nitrogens with one attached hydrogen (secondary N) is 1. The lowest BCUT2D eigenvalue weighted by molar-refractivity contribution is -0.117. The molecule has 3 amide bonds. The van der Waals surface area contributed by atoms with Crippen LogP contribution in [0.3, 0.4) is 0 Å². The average Bonchev–Trinajstić information content (AvgIpc) is 2.98. The van der Waals surface area contributed by atoms with Crippen LogP contribution in [-0.2, 0) is 4.79 Å². The van der Waals surface area contributed by atoms with Crippen molar-refractivity contribution in [3.8, 4) is 0 Å². The fraction of sp³-hybridized carbons (Fsp3) is 0.389. The lowest BCUT2D eigenvalue weighted by Crippen LogP contribution is -2.43. The number of hydrogen-bond donors (Lipinski definition) is 1. The van der Waals surface area contributed by atoms with Crippen molar-refractivity contribution in [1.29, 1.82) is 0 Å². The molecule has 10 heteroatoms. The van der Waals surface area contributed by atoms with Crippen molar-refractivity contribution < 1.29 is 9.59 Å². The van der Waals surface area contributed by atoms with Crippen molar-refractivity contribution >= 4 is 46.9 Å². The minimum atomic E-state index is -0.352. The van der Waals surface area contributed by atoms with Crippen LogP contribution in [0.1, 0.15) is 20.3 Å². The summed E-state index contributed by atoms with van der Waals surface area (Å²) in [6.07, 6.45) is 5.24. The summed E-state index contributed by atoms with van der Waals surface area (Å²) >= 11 is 11.8. The number of halogens is 2. The van der Waals surface area contributed by atoms with Gasteiger partial charge in [-0.15, -0.1) is 0 Å². The number of amides is 3. The first kappa shape index (κ1) is 20.3. The van der Waals surface area contributed by atoms with E-state index in [0.29, 0.717) is 22.4 Å². The van der Waals surface area contributed by atoms with Crippen LogP contribution in [0.2, 0.25) is 10.0 Å². The van der Waals surface area contributed by atoms with Crippen LogP contribution in [-0.4, -0.2) is 50.9 Å². The van der Waals surface area contributed by atoms with Crippen LogP contribution in [0.4, 0.5) is 16.6 Å². The third kappa shape index (κ3) is 4.51. The molecular formula is C18H20Cl2N6O2. The summed E-state index contributed by atoms with van der Waals surface area (Å²) in [6, 6.07) is 2.70. The smallest absolute Gasteiger partial charge is 0.310 e. The summed E-state index contributed by atoms with van der Waals surface area (Å²) in [5.41, 5.74) is 0. The second-order valence-electron chi connectivity index (χ2n) is 6.58. The van der Waals surface area contributed by atoms with Crippen molar-refractivity contribution in [2.75, 3.05) is 23.3 Å². The van der Waals surface area contributed by atoms with Crippen LogP contribution in [0.25, 0.3) is 0 Å². The molecular weight excluding hydrogens is 403 g/mol. The van der Waals surface area contributed by atoms with Gasteiger partial charge < -0.3 is 10.2 Å². The monoisotopic (exact) mass is 422 g/mol. The van der Waals surface area contributed by atoms with E-state index < -0.39 is 0 Å². The summed E-state index contributed by atoms with van der Waals surface area (Å²) in [5.74, 6) is 0.442. The molecule has 0 radical (unpaired) electrons. The van der Waals surface area contributed by atoms with E-state index in [1.165, 1.54) is 23.5 Å². The first-order chi connectivity index (χ1) is 13.4. The molecule has 0 aliphatic carbocycles.